The lowest BCUT2D eigenvalue weighted by Gasteiger charge is -2.19. The van der Waals surface area contributed by atoms with Gasteiger partial charge in [-0.2, -0.15) is 0 Å². The molecule has 0 atom stereocenters. The first-order chi connectivity index (χ1) is 12.4. The van der Waals surface area contributed by atoms with Crippen molar-refractivity contribution in [1.82, 2.24) is 9.88 Å². The predicted octanol–water partition coefficient (Wildman–Crippen LogP) is 5.63. The van der Waals surface area contributed by atoms with E-state index in [9.17, 15) is 4.79 Å². The van der Waals surface area contributed by atoms with Gasteiger partial charge in [-0.25, -0.2) is 4.98 Å². The van der Waals surface area contributed by atoms with E-state index in [2.05, 4.69) is 20.8 Å². The zero-order valence-corrected chi connectivity index (χ0v) is 19.1. The topological polar surface area (TPSA) is 49.6 Å². The number of amides is 1. The van der Waals surface area contributed by atoms with Gasteiger partial charge in [-0.15, -0.1) is 12.4 Å². The molecule has 0 N–H and O–H groups in total. The number of carbonyl (C=O) groups is 1. The molecule has 2 aromatic heterocycles. The fourth-order valence-corrected chi connectivity index (χ4v) is 4.25. The third-order valence-corrected chi connectivity index (χ3v) is 5.90. The van der Waals surface area contributed by atoms with Crippen LogP contribution in [0.3, 0.4) is 0 Å². The molecule has 2 heterocycles. The Morgan fingerprint density at radius 2 is 2.00 bits per heavy atom. The number of anilines is 1. The van der Waals surface area contributed by atoms with E-state index in [1.165, 1.54) is 11.3 Å². The monoisotopic (exact) mass is 491 g/mol. The summed E-state index contributed by atoms with van der Waals surface area (Å²) in [6.45, 7) is 3.41. The van der Waals surface area contributed by atoms with E-state index in [4.69, 9.17) is 21.0 Å². The van der Waals surface area contributed by atoms with Crippen LogP contribution in [0.15, 0.2) is 33.4 Å². The van der Waals surface area contributed by atoms with Gasteiger partial charge in [-0.05, 0) is 73.7 Å². The van der Waals surface area contributed by atoms with Crippen LogP contribution in [-0.4, -0.2) is 43.0 Å². The third-order valence-electron chi connectivity index (χ3n) is 3.93. The lowest BCUT2D eigenvalue weighted by Crippen LogP contribution is -2.33. The Balaban J connectivity index is 0.00000261. The average Bonchev–Trinajstić information content (AvgIpc) is 3.21. The van der Waals surface area contributed by atoms with Gasteiger partial charge < -0.3 is 9.32 Å². The standard InChI is InChI=1S/C18H19BrClN3O2S.ClH/c1-11-5-6-12(20)16-15(11)21-18(26-16)23(10-4-9-22(2)3)17(24)13-7-8-14(19)25-13;/h5-8H,4,9-10H2,1-3H3;1H. The Labute approximate surface area is 181 Å². The lowest BCUT2D eigenvalue weighted by molar-refractivity contribution is 0.0958. The van der Waals surface area contributed by atoms with Gasteiger partial charge in [0.2, 0.25) is 0 Å². The van der Waals surface area contributed by atoms with Gasteiger partial charge in [0.15, 0.2) is 15.6 Å². The molecule has 0 spiro atoms. The van der Waals surface area contributed by atoms with Crippen LogP contribution in [0, 0.1) is 6.92 Å². The van der Waals surface area contributed by atoms with Gasteiger partial charge in [-0.3, -0.25) is 9.69 Å². The number of aryl methyl sites for hydroxylation is 1. The second-order valence-electron chi connectivity index (χ2n) is 6.26. The minimum Gasteiger partial charge on any atom is -0.444 e. The first-order valence-corrected chi connectivity index (χ1v) is 10.1. The molecule has 3 rings (SSSR count). The SMILES string of the molecule is Cc1ccc(Cl)c2sc(N(CCCN(C)C)C(=O)c3ccc(Br)o3)nc12.Cl. The molecule has 146 valence electrons. The van der Waals surface area contributed by atoms with Gasteiger partial charge in [-0.1, -0.05) is 29.0 Å². The smallest absolute Gasteiger partial charge is 0.295 e. The molecule has 0 aliphatic heterocycles. The van der Waals surface area contributed by atoms with Gasteiger partial charge in [0.05, 0.1) is 15.2 Å². The van der Waals surface area contributed by atoms with E-state index >= 15 is 0 Å². The van der Waals surface area contributed by atoms with Crippen LogP contribution < -0.4 is 4.90 Å². The number of hydrogen-bond donors (Lipinski definition) is 0. The number of aromatic nitrogens is 1. The first-order valence-electron chi connectivity index (χ1n) is 8.14. The van der Waals surface area contributed by atoms with E-state index < -0.39 is 0 Å². The molecular formula is C18H20BrCl2N3O2S. The molecule has 3 aromatic rings. The largest absolute Gasteiger partial charge is 0.444 e. The van der Waals surface area contributed by atoms with Gasteiger partial charge in [0.1, 0.15) is 0 Å². The highest BCUT2D eigenvalue weighted by Crippen LogP contribution is 2.36. The summed E-state index contributed by atoms with van der Waals surface area (Å²) in [6.07, 6.45) is 0.823. The summed E-state index contributed by atoms with van der Waals surface area (Å²) in [5, 5.41) is 1.28. The molecular weight excluding hydrogens is 473 g/mol. The number of rotatable bonds is 6. The molecule has 0 fully saturated rings. The van der Waals surface area contributed by atoms with Crippen molar-refractivity contribution in [3.8, 4) is 0 Å². The number of fused-ring (bicyclic) bond motifs is 1. The number of carbonyl (C=O) groups excluding carboxylic acids is 1. The van der Waals surface area contributed by atoms with Crippen LogP contribution in [-0.2, 0) is 0 Å². The number of furan rings is 1. The van der Waals surface area contributed by atoms with E-state index in [0.717, 1.165) is 28.7 Å². The highest BCUT2D eigenvalue weighted by molar-refractivity contribution is 9.10. The van der Waals surface area contributed by atoms with Crippen molar-refractivity contribution in [2.75, 3.05) is 32.1 Å². The Bertz CT molecular complexity index is 903. The normalized spacial score (nSPS) is 11.0. The van der Waals surface area contributed by atoms with Gasteiger partial charge in [0, 0.05) is 6.54 Å². The van der Waals surface area contributed by atoms with Crippen LogP contribution in [0.4, 0.5) is 5.13 Å². The maximum Gasteiger partial charge on any atom is 0.295 e. The van der Waals surface area contributed by atoms with E-state index in [0.29, 0.717) is 21.4 Å². The second kappa shape index (κ2) is 9.39. The van der Waals surface area contributed by atoms with Crippen molar-refractivity contribution in [1.29, 1.82) is 0 Å². The maximum atomic E-state index is 13.0. The molecule has 27 heavy (non-hydrogen) atoms. The highest BCUT2D eigenvalue weighted by atomic mass is 79.9. The van der Waals surface area contributed by atoms with E-state index in [-0.39, 0.29) is 24.1 Å². The molecule has 0 saturated carbocycles. The fourth-order valence-electron chi connectivity index (χ4n) is 2.60. The van der Waals surface area contributed by atoms with Crippen molar-refractivity contribution < 1.29 is 9.21 Å². The number of nitrogens with zero attached hydrogens (tertiary/aromatic N) is 3. The van der Waals surface area contributed by atoms with Crippen molar-refractivity contribution >= 4 is 72.5 Å². The van der Waals surface area contributed by atoms with Crippen LogP contribution in [0.25, 0.3) is 10.2 Å². The van der Waals surface area contributed by atoms with E-state index in [1.54, 1.807) is 17.0 Å². The fraction of sp³-hybridized carbons (Fsp3) is 0.333. The summed E-state index contributed by atoms with van der Waals surface area (Å²) >= 11 is 11.0. The Kier molecular flexibility index (Phi) is 7.71. The number of thiazole rings is 1. The summed E-state index contributed by atoms with van der Waals surface area (Å²) in [7, 11) is 4.02. The van der Waals surface area contributed by atoms with Gasteiger partial charge in [0.25, 0.3) is 5.91 Å². The Morgan fingerprint density at radius 1 is 1.26 bits per heavy atom. The molecule has 0 saturated heterocycles. The Hall–Kier alpha value is -1.12. The zero-order valence-electron chi connectivity index (χ0n) is 15.2. The van der Waals surface area contributed by atoms with Crippen LogP contribution in [0.1, 0.15) is 22.5 Å². The van der Waals surface area contributed by atoms with Crippen LogP contribution in [0.2, 0.25) is 5.02 Å². The molecule has 1 aromatic carbocycles. The molecule has 9 heteroatoms. The predicted molar refractivity (Wildman–Crippen MR) is 118 cm³/mol. The minimum absolute atomic E-state index is 0. The zero-order chi connectivity index (χ0) is 18.8. The van der Waals surface area contributed by atoms with Crippen LogP contribution >= 0.6 is 51.3 Å². The van der Waals surface area contributed by atoms with Crippen LogP contribution in [0.5, 0.6) is 0 Å². The summed E-state index contributed by atoms with van der Waals surface area (Å²) in [5.74, 6) is 0.0751. The lowest BCUT2D eigenvalue weighted by atomic mass is 10.2. The van der Waals surface area contributed by atoms with Crippen molar-refractivity contribution in [3.05, 3.63) is 45.3 Å². The summed E-state index contributed by atoms with van der Waals surface area (Å²) in [4.78, 5) is 21.5. The number of hydrogen-bond acceptors (Lipinski definition) is 5. The third kappa shape index (κ3) is 5.03. The van der Waals surface area contributed by atoms with Crippen molar-refractivity contribution in [2.45, 2.75) is 13.3 Å². The molecule has 5 nitrogen and oxygen atoms in total. The number of halogens is 3. The summed E-state index contributed by atoms with van der Waals surface area (Å²) < 4.78 is 6.88. The molecule has 1 amide bonds. The quantitative estimate of drug-likeness (QED) is 0.447. The second-order valence-corrected chi connectivity index (χ2v) is 8.42. The highest BCUT2D eigenvalue weighted by Gasteiger charge is 2.24. The summed E-state index contributed by atoms with van der Waals surface area (Å²) in [6, 6.07) is 7.18. The molecule has 0 unspecified atom stereocenters. The summed E-state index contributed by atoms with van der Waals surface area (Å²) in [5.41, 5.74) is 1.87. The van der Waals surface area contributed by atoms with Crippen molar-refractivity contribution in [2.24, 2.45) is 0 Å². The van der Waals surface area contributed by atoms with Gasteiger partial charge >= 0.3 is 0 Å². The molecule has 0 radical (unpaired) electrons. The number of benzene rings is 1. The molecule has 0 aliphatic rings. The first kappa shape index (κ1) is 22.2. The van der Waals surface area contributed by atoms with Crippen molar-refractivity contribution in [3.63, 3.8) is 0 Å². The van der Waals surface area contributed by atoms with E-state index in [1.807, 2.05) is 33.2 Å². The Morgan fingerprint density at radius 3 is 2.59 bits per heavy atom. The maximum absolute atomic E-state index is 13.0. The average molecular weight is 493 g/mol. The molecule has 0 bridgehead atoms. The minimum atomic E-state index is -0.206. The molecule has 0 aliphatic carbocycles.